The molecular weight excluding hydrogens is 286 g/mol. The van der Waals surface area contributed by atoms with Gasteiger partial charge in [0.2, 0.25) is 5.76 Å². The molecule has 0 saturated carbocycles. The Kier molecular flexibility index (Phi) is 4.77. The summed E-state index contributed by atoms with van der Waals surface area (Å²) in [6.07, 6.45) is 0.781. The van der Waals surface area contributed by atoms with Crippen molar-refractivity contribution in [2.75, 3.05) is 0 Å². The lowest BCUT2D eigenvalue weighted by atomic mass is 10.1. The van der Waals surface area contributed by atoms with Crippen molar-refractivity contribution in [1.29, 1.82) is 0 Å². The number of carbonyl (C=O) groups excluding carboxylic acids is 1. The molecule has 1 atom stereocenters. The van der Waals surface area contributed by atoms with E-state index in [0.717, 1.165) is 22.8 Å². The molecule has 0 radical (unpaired) electrons. The van der Waals surface area contributed by atoms with Crippen molar-refractivity contribution in [3.63, 3.8) is 0 Å². The van der Waals surface area contributed by atoms with Crippen LogP contribution in [0.3, 0.4) is 0 Å². The van der Waals surface area contributed by atoms with Gasteiger partial charge >= 0.3 is 0 Å². The average molecular weight is 307 g/mol. The summed E-state index contributed by atoms with van der Waals surface area (Å²) in [6.45, 7) is 10.1. The smallest absolute Gasteiger partial charge is 0.290 e. The molecule has 0 spiro atoms. The molecule has 0 fully saturated rings. The Bertz CT molecular complexity index is 611. The molecule has 0 saturated heterocycles. The highest BCUT2D eigenvalue weighted by Crippen LogP contribution is 2.25. The fourth-order valence-corrected chi connectivity index (χ4v) is 2.94. The van der Waals surface area contributed by atoms with Crippen LogP contribution in [0.25, 0.3) is 0 Å². The van der Waals surface area contributed by atoms with Crippen LogP contribution in [0.15, 0.2) is 10.6 Å². The summed E-state index contributed by atoms with van der Waals surface area (Å²) < 4.78 is 5.12. The first-order valence-electron chi connectivity index (χ1n) is 7.13. The van der Waals surface area contributed by atoms with Crippen LogP contribution in [0.1, 0.15) is 71.0 Å². The molecule has 5 nitrogen and oxygen atoms in total. The molecule has 2 aromatic heterocycles. The zero-order chi connectivity index (χ0) is 15.6. The van der Waals surface area contributed by atoms with Gasteiger partial charge in [0.1, 0.15) is 5.01 Å². The van der Waals surface area contributed by atoms with Crippen LogP contribution in [0.5, 0.6) is 0 Å². The van der Waals surface area contributed by atoms with Crippen LogP contribution in [0, 0.1) is 13.8 Å². The average Bonchev–Trinajstić information content (AvgIpc) is 3.04. The number of hydrogen-bond donors (Lipinski definition) is 1. The maximum Gasteiger partial charge on any atom is 0.290 e. The Morgan fingerprint density at radius 2 is 2.14 bits per heavy atom. The molecule has 6 heteroatoms. The predicted octanol–water partition coefficient (Wildman–Crippen LogP) is 3.75. The van der Waals surface area contributed by atoms with E-state index < -0.39 is 0 Å². The fourth-order valence-electron chi connectivity index (χ4n) is 1.88. The number of hydrogen-bond acceptors (Lipinski definition) is 5. The summed E-state index contributed by atoms with van der Waals surface area (Å²) >= 11 is 1.62. The molecule has 0 bridgehead atoms. The van der Waals surface area contributed by atoms with Gasteiger partial charge < -0.3 is 9.84 Å². The second kappa shape index (κ2) is 6.39. The van der Waals surface area contributed by atoms with E-state index in [4.69, 9.17) is 4.52 Å². The lowest BCUT2D eigenvalue weighted by Crippen LogP contribution is -2.27. The Morgan fingerprint density at radius 3 is 2.62 bits per heavy atom. The largest absolute Gasteiger partial charge is 0.351 e. The standard InChI is InChI=1S/C15H21N3O2S/c1-6-11(15-16-9(4)10(5)21-15)17-14(19)13-7-12(8(2)3)18-20-13/h7-8,11H,6H2,1-5H3,(H,17,19). The van der Waals surface area contributed by atoms with Gasteiger partial charge in [0.25, 0.3) is 5.91 Å². The zero-order valence-corrected chi connectivity index (χ0v) is 13.9. The number of rotatable bonds is 5. The van der Waals surface area contributed by atoms with Crippen molar-refractivity contribution in [2.24, 2.45) is 0 Å². The van der Waals surface area contributed by atoms with E-state index >= 15 is 0 Å². The van der Waals surface area contributed by atoms with Crippen molar-refractivity contribution in [2.45, 2.75) is 53.0 Å². The van der Waals surface area contributed by atoms with Crippen molar-refractivity contribution in [1.82, 2.24) is 15.5 Å². The van der Waals surface area contributed by atoms with Crippen molar-refractivity contribution < 1.29 is 9.32 Å². The second-order valence-corrected chi connectivity index (χ2v) is 6.63. The van der Waals surface area contributed by atoms with E-state index in [1.807, 2.05) is 34.6 Å². The molecule has 1 unspecified atom stereocenters. The minimum Gasteiger partial charge on any atom is -0.351 e. The molecule has 1 amide bonds. The van der Waals surface area contributed by atoms with Crippen molar-refractivity contribution >= 4 is 17.2 Å². The molecule has 0 aliphatic rings. The number of nitrogens with zero attached hydrogens (tertiary/aromatic N) is 2. The number of aryl methyl sites for hydroxylation is 2. The molecule has 0 aromatic carbocycles. The van der Waals surface area contributed by atoms with Gasteiger partial charge in [-0.1, -0.05) is 25.9 Å². The van der Waals surface area contributed by atoms with Crippen LogP contribution in [0.2, 0.25) is 0 Å². The monoisotopic (exact) mass is 307 g/mol. The molecule has 2 aromatic rings. The molecule has 114 valence electrons. The minimum absolute atomic E-state index is 0.0949. The third kappa shape index (κ3) is 3.50. The van der Waals surface area contributed by atoms with Crippen molar-refractivity contribution in [3.05, 3.63) is 33.1 Å². The van der Waals surface area contributed by atoms with Crippen LogP contribution in [-0.2, 0) is 0 Å². The van der Waals surface area contributed by atoms with Crippen molar-refractivity contribution in [3.8, 4) is 0 Å². The Morgan fingerprint density at radius 1 is 1.43 bits per heavy atom. The van der Waals surface area contributed by atoms with Crippen LogP contribution in [0.4, 0.5) is 0 Å². The number of aromatic nitrogens is 2. The Balaban J connectivity index is 2.12. The van der Waals surface area contributed by atoms with Crippen LogP contribution in [-0.4, -0.2) is 16.0 Å². The summed E-state index contributed by atoms with van der Waals surface area (Å²) in [6, 6.07) is 1.60. The fraction of sp³-hybridized carbons (Fsp3) is 0.533. The van der Waals surface area contributed by atoms with Crippen LogP contribution >= 0.6 is 11.3 Å². The summed E-state index contributed by atoms with van der Waals surface area (Å²) in [4.78, 5) is 17.9. The summed E-state index contributed by atoms with van der Waals surface area (Å²) in [5.74, 6) is 0.246. The van der Waals surface area contributed by atoms with E-state index in [9.17, 15) is 4.79 Å². The van der Waals surface area contributed by atoms with Gasteiger partial charge in [0.05, 0.1) is 17.4 Å². The van der Waals surface area contributed by atoms with E-state index in [1.54, 1.807) is 17.4 Å². The van der Waals surface area contributed by atoms with Gasteiger partial charge in [-0.25, -0.2) is 4.98 Å². The SMILES string of the molecule is CCC(NC(=O)c1cc(C(C)C)no1)c1nc(C)c(C)s1. The zero-order valence-electron chi connectivity index (χ0n) is 13.1. The first-order chi connectivity index (χ1) is 9.92. The number of nitrogens with one attached hydrogen (secondary N) is 1. The van der Waals surface area contributed by atoms with Gasteiger partial charge in [-0.2, -0.15) is 0 Å². The van der Waals surface area contributed by atoms with E-state index in [-0.39, 0.29) is 23.6 Å². The molecule has 21 heavy (non-hydrogen) atoms. The highest BCUT2D eigenvalue weighted by Gasteiger charge is 2.21. The molecule has 2 rings (SSSR count). The predicted molar refractivity (Wildman–Crippen MR) is 82.7 cm³/mol. The normalized spacial score (nSPS) is 12.7. The summed E-state index contributed by atoms with van der Waals surface area (Å²) in [7, 11) is 0. The van der Waals surface area contributed by atoms with E-state index in [0.29, 0.717) is 0 Å². The quantitative estimate of drug-likeness (QED) is 0.913. The highest BCUT2D eigenvalue weighted by molar-refractivity contribution is 7.11. The molecule has 0 aliphatic heterocycles. The molecule has 1 N–H and O–H groups in total. The molecule has 0 aliphatic carbocycles. The maximum absolute atomic E-state index is 12.2. The number of carbonyl (C=O) groups is 1. The van der Waals surface area contributed by atoms with Gasteiger partial charge in [0.15, 0.2) is 0 Å². The highest BCUT2D eigenvalue weighted by atomic mass is 32.1. The lowest BCUT2D eigenvalue weighted by Gasteiger charge is -2.12. The van der Waals surface area contributed by atoms with Crippen LogP contribution < -0.4 is 5.32 Å². The van der Waals surface area contributed by atoms with Gasteiger partial charge in [-0.3, -0.25) is 4.79 Å². The lowest BCUT2D eigenvalue weighted by molar-refractivity contribution is 0.0898. The summed E-state index contributed by atoms with van der Waals surface area (Å²) in [5.41, 5.74) is 1.80. The van der Waals surface area contributed by atoms with Gasteiger partial charge in [0, 0.05) is 10.9 Å². The number of amides is 1. The van der Waals surface area contributed by atoms with Gasteiger partial charge in [-0.15, -0.1) is 11.3 Å². The summed E-state index contributed by atoms with van der Waals surface area (Å²) in [5, 5.41) is 7.81. The molecule has 2 heterocycles. The third-order valence-corrected chi connectivity index (χ3v) is 4.59. The third-order valence-electron chi connectivity index (χ3n) is 3.40. The first kappa shape index (κ1) is 15.7. The maximum atomic E-state index is 12.2. The minimum atomic E-state index is -0.244. The Hall–Kier alpha value is -1.69. The van der Waals surface area contributed by atoms with Gasteiger partial charge in [-0.05, 0) is 26.2 Å². The number of thiazole rings is 1. The van der Waals surface area contributed by atoms with E-state index in [1.165, 1.54) is 4.88 Å². The second-order valence-electron chi connectivity index (χ2n) is 5.40. The first-order valence-corrected chi connectivity index (χ1v) is 7.95. The Labute approximate surface area is 128 Å². The molecular formula is C15H21N3O2S. The van der Waals surface area contributed by atoms with E-state index in [2.05, 4.69) is 15.5 Å². The topological polar surface area (TPSA) is 68.0 Å².